The van der Waals surface area contributed by atoms with E-state index in [1.54, 1.807) is 0 Å². The van der Waals surface area contributed by atoms with E-state index in [9.17, 15) is 0 Å². The van der Waals surface area contributed by atoms with Gasteiger partial charge in [0.25, 0.3) is 0 Å². The van der Waals surface area contributed by atoms with E-state index in [-0.39, 0.29) is 24.0 Å². The minimum atomic E-state index is 0. The first-order valence-electron chi connectivity index (χ1n) is 8.35. The summed E-state index contributed by atoms with van der Waals surface area (Å²) in [7, 11) is 0. The van der Waals surface area contributed by atoms with Crippen LogP contribution in [-0.2, 0) is 12.8 Å². The van der Waals surface area contributed by atoms with Crippen LogP contribution in [0.1, 0.15) is 37.1 Å². The molecule has 1 aliphatic rings. The third-order valence-electron chi connectivity index (χ3n) is 3.77. The summed E-state index contributed by atoms with van der Waals surface area (Å²) in [6.45, 7) is 10.6. The van der Waals surface area contributed by atoms with E-state index >= 15 is 0 Å². The lowest BCUT2D eigenvalue weighted by Crippen LogP contribution is -2.48. The molecule has 0 radical (unpaired) electrons. The van der Waals surface area contributed by atoms with E-state index in [0.29, 0.717) is 0 Å². The molecule has 132 valence electrons. The number of rotatable bonds is 6. The standard InChI is InChI=1S/C16H28N4S2.HI/c1-4-13-11-19-15(22-13)7-8-18-16(17-6-3)20-9-10-21-14(5-2)12-20;/h11,14H,4-10,12H2,1-3H3,(H,17,18);1H. The number of thioether (sulfide) groups is 1. The van der Waals surface area contributed by atoms with Crippen molar-refractivity contribution in [2.24, 2.45) is 4.99 Å². The van der Waals surface area contributed by atoms with Crippen LogP contribution in [0.4, 0.5) is 0 Å². The molecule has 0 aromatic carbocycles. The second kappa shape index (κ2) is 11.5. The van der Waals surface area contributed by atoms with Crippen molar-refractivity contribution in [3.63, 3.8) is 0 Å². The van der Waals surface area contributed by atoms with Crippen molar-refractivity contribution in [2.45, 2.75) is 45.3 Å². The lowest BCUT2D eigenvalue weighted by atomic mass is 10.3. The maximum absolute atomic E-state index is 4.83. The molecule has 0 aliphatic carbocycles. The predicted octanol–water partition coefficient (Wildman–Crippen LogP) is 3.66. The van der Waals surface area contributed by atoms with E-state index < -0.39 is 0 Å². The van der Waals surface area contributed by atoms with Gasteiger partial charge in [-0.25, -0.2) is 4.98 Å². The number of hydrogen-bond acceptors (Lipinski definition) is 4. The molecule has 1 unspecified atom stereocenters. The molecule has 1 aliphatic heterocycles. The highest BCUT2D eigenvalue weighted by molar-refractivity contribution is 14.0. The smallest absolute Gasteiger partial charge is 0.193 e. The fourth-order valence-electron chi connectivity index (χ4n) is 2.47. The third-order valence-corrected chi connectivity index (χ3v) is 6.34. The molecule has 0 amide bonds. The zero-order chi connectivity index (χ0) is 15.8. The van der Waals surface area contributed by atoms with Crippen LogP contribution in [0.15, 0.2) is 11.2 Å². The average molecular weight is 468 g/mol. The highest BCUT2D eigenvalue weighted by atomic mass is 127. The number of aryl methyl sites for hydroxylation is 1. The Hall–Kier alpha value is -0.0200. The van der Waals surface area contributed by atoms with E-state index in [1.165, 1.54) is 22.1 Å². The van der Waals surface area contributed by atoms with Crippen LogP contribution < -0.4 is 5.32 Å². The van der Waals surface area contributed by atoms with Gasteiger partial charge in [0, 0.05) is 54.7 Å². The lowest BCUT2D eigenvalue weighted by molar-refractivity contribution is 0.408. The van der Waals surface area contributed by atoms with Gasteiger partial charge < -0.3 is 10.2 Å². The van der Waals surface area contributed by atoms with Gasteiger partial charge in [-0.15, -0.1) is 35.3 Å². The zero-order valence-corrected chi connectivity index (χ0v) is 18.3. The van der Waals surface area contributed by atoms with Crippen molar-refractivity contribution < 1.29 is 0 Å². The highest BCUT2D eigenvalue weighted by Crippen LogP contribution is 2.21. The summed E-state index contributed by atoms with van der Waals surface area (Å²) in [5.74, 6) is 2.28. The fourth-order valence-corrected chi connectivity index (χ4v) is 4.50. The molecule has 0 saturated carbocycles. The minimum absolute atomic E-state index is 0. The normalized spacial score (nSPS) is 18.7. The molecule has 1 aromatic heterocycles. The van der Waals surface area contributed by atoms with Crippen molar-refractivity contribution in [2.75, 3.05) is 31.9 Å². The van der Waals surface area contributed by atoms with E-state index in [1.807, 2.05) is 17.5 Å². The topological polar surface area (TPSA) is 40.5 Å². The molecule has 2 rings (SSSR count). The Morgan fingerprint density at radius 3 is 2.91 bits per heavy atom. The molecule has 1 fully saturated rings. The molecule has 4 nitrogen and oxygen atoms in total. The van der Waals surface area contributed by atoms with E-state index in [4.69, 9.17) is 4.99 Å². The summed E-state index contributed by atoms with van der Waals surface area (Å²) in [5.41, 5.74) is 0. The first kappa shape index (κ1) is 21.0. The summed E-state index contributed by atoms with van der Waals surface area (Å²) in [6, 6.07) is 0. The number of guanidine groups is 1. The summed E-state index contributed by atoms with van der Waals surface area (Å²) in [5, 5.41) is 5.39. The summed E-state index contributed by atoms with van der Waals surface area (Å²) >= 11 is 3.92. The second-order valence-corrected chi connectivity index (χ2v) is 8.01. The highest BCUT2D eigenvalue weighted by Gasteiger charge is 2.21. The predicted molar refractivity (Wildman–Crippen MR) is 115 cm³/mol. The Balaban J connectivity index is 0.00000264. The first-order valence-corrected chi connectivity index (χ1v) is 10.2. The number of nitrogens with zero attached hydrogens (tertiary/aromatic N) is 3. The monoisotopic (exact) mass is 468 g/mol. The Morgan fingerprint density at radius 1 is 1.43 bits per heavy atom. The van der Waals surface area contributed by atoms with Gasteiger partial charge in [0.15, 0.2) is 5.96 Å². The number of thiazole rings is 1. The van der Waals surface area contributed by atoms with Crippen molar-refractivity contribution in [1.29, 1.82) is 0 Å². The maximum atomic E-state index is 4.83. The van der Waals surface area contributed by atoms with Crippen molar-refractivity contribution in [3.05, 3.63) is 16.1 Å². The van der Waals surface area contributed by atoms with Gasteiger partial charge in [-0.05, 0) is 19.8 Å². The molecular weight excluding hydrogens is 439 g/mol. The van der Waals surface area contributed by atoms with Crippen LogP contribution in [0.25, 0.3) is 0 Å². The van der Waals surface area contributed by atoms with Crippen LogP contribution in [0.3, 0.4) is 0 Å². The molecule has 1 atom stereocenters. The first-order chi connectivity index (χ1) is 10.8. The van der Waals surface area contributed by atoms with Crippen LogP contribution in [0.2, 0.25) is 0 Å². The number of nitrogens with one attached hydrogen (secondary N) is 1. The van der Waals surface area contributed by atoms with Gasteiger partial charge in [-0.1, -0.05) is 13.8 Å². The molecule has 2 heterocycles. The molecule has 1 saturated heterocycles. The van der Waals surface area contributed by atoms with Crippen LogP contribution in [0.5, 0.6) is 0 Å². The van der Waals surface area contributed by atoms with E-state index in [0.717, 1.165) is 50.2 Å². The van der Waals surface area contributed by atoms with Crippen molar-refractivity contribution in [1.82, 2.24) is 15.2 Å². The fraction of sp³-hybridized carbons (Fsp3) is 0.750. The molecule has 0 bridgehead atoms. The molecule has 1 N–H and O–H groups in total. The van der Waals surface area contributed by atoms with Gasteiger partial charge in [0.2, 0.25) is 0 Å². The SMILES string of the molecule is CCNC(=NCCc1ncc(CC)s1)N1CCSC(CC)C1.I. The maximum Gasteiger partial charge on any atom is 0.193 e. The number of hydrogen-bond donors (Lipinski definition) is 1. The summed E-state index contributed by atoms with van der Waals surface area (Å²) in [6.07, 6.45) is 5.26. The lowest BCUT2D eigenvalue weighted by Gasteiger charge is -2.34. The average Bonchev–Trinajstić information content (AvgIpc) is 3.02. The Kier molecular flexibility index (Phi) is 10.5. The number of aromatic nitrogens is 1. The molecule has 7 heteroatoms. The van der Waals surface area contributed by atoms with Crippen molar-refractivity contribution >= 4 is 53.0 Å². The third kappa shape index (κ3) is 6.78. The van der Waals surface area contributed by atoms with Gasteiger partial charge in [0.1, 0.15) is 0 Å². The van der Waals surface area contributed by atoms with Gasteiger partial charge in [0.05, 0.1) is 5.01 Å². The Labute approximate surface area is 166 Å². The Bertz CT molecular complexity index is 478. The van der Waals surface area contributed by atoms with Gasteiger partial charge in [-0.2, -0.15) is 11.8 Å². The minimum Gasteiger partial charge on any atom is -0.357 e. The number of halogens is 1. The molecule has 23 heavy (non-hydrogen) atoms. The molecule has 1 aromatic rings. The van der Waals surface area contributed by atoms with Crippen LogP contribution in [0, 0.1) is 0 Å². The van der Waals surface area contributed by atoms with E-state index in [2.05, 4.69) is 47.7 Å². The number of aliphatic imine (C=N–C) groups is 1. The quantitative estimate of drug-likeness (QED) is 0.393. The largest absolute Gasteiger partial charge is 0.357 e. The van der Waals surface area contributed by atoms with Crippen LogP contribution in [-0.4, -0.2) is 53.0 Å². The molecule has 0 spiro atoms. The summed E-state index contributed by atoms with van der Waals surface area (Å²) < 4.78 is 0. The summed E-state index contributed by atoms with van der Waals surface area (Å²) in [4.78, 5) is 13.1. The van der Waals surface area contributed by atoms with Gasteiger partial charge >= 0.3 is 0 Å². The zero-order valence-electron chi connectivity index (χ0n) is 14.4. The van der Waals surface area contributed by atoms with Crippen LogP contribution >= 0.6 is 47.1 Å². The second-order valence-electron chi connectivity index (χ2n) is 5.41. The molecular formula is C16H29IN4S2. The van der Waals surface area contributed by atoms with Gasteiger partial charge in [-0.3, -0.25) is 4.99 Å². The van der Waals surface area contributed by atoms with Crippen molar-refractivity contribution in [3.8, 4) is 0 Å². The Morgan fingerprint density at radius 2 is 2.26 bits per heavy atom.